The monoisotopic (exact) mass is 990 g/mol. The van der Waals surface area contributed by atoms with Crippen LogP contribution in [0, 0.1) is 18.8 Å². The number of aryl methyl sites for hydroxylation is 1. The van der Waals surface area contributed by atoms with Crippen molar-refractivity contribution in [3.63, 3.8) is 0 Å². The lowest BCUT2D eigenvalue weighted by molar-refractivity contribution is -0.134. The molecule has 0 radical (unpaired) electrons. The number of ketones is 2. The fourth-order valence-electron chi connectivity index (χ4n) is 7.78. The summed E-state index contributed by atoms with van der Waals surface area (Å²) in [4.78, 5) is 95.5. The number of urea groups is 1. The number of nitrogens with one attached hydrogen (secondary N) is 3. The van der Waals surface area contributed by atoms with Crippen molar-refractivity contribution in [2.75, 3.05) is 71.7 Å². The number of nitrogen functional groups attached to an aromatic ring is 1. The number of pyridine rings is 1. The molecular weight excluding hydrogens is 919 g/mol. The maximum absolute atomic E-state index is 13.8. The number of hydrogen-bond acceptors (Lipinski definition) is 16. The molecule has 0 spiro atoms. The molecule has 22 nitrogen and oxygen atoms in total. The fraction of sp³-hybridized carbons (Fsp3) is 0.571. The van der Waals surface area contributed by atoms with Crippen LogP contribution >= 0.6 is 0 Å². The molecule has 71 heavy (non-hydrogen) atoms. The Labute approximate surface area is 413 Å². The number of carbonyl (C=O) groups is 5. The summed E-state index contributed by atoms with van der Waals surface area (Å²) in [7, 11) is 0. The number of imidazole rings is 1. The van der Waals surface area contributed by atoms with Crippen molar-refractivity contribution in [2.24, 2.45) is 23.3 Å². The number of aromatic nitrogens is 5. The molecule has 0 bridgehead atoms. The maximum Gasteiger partial charge on any atom is 0.410 e. The van der Waals surface area contributed by atoms with Crippen molar-refractivity contribution in [2.45, 2.75) is 104 Å². The maximum atomic E-state index is 13.8. The highest BCUT2D eigenvalue weighted by Gasteiger charge is 2.31. The summed E-state index contributed by atoms with van der Waals surface area (Å²) in [5.41, 5.74) is 19.8. The molecule has 3 aromatic heterocycles. The number of ether oxygens (including phenoxy) is 5. The van der Waals surface area contributed by atoms with Crippen molar-refractivity contribution in [1.29, 1.82) is 0 Å². The molecule has 0 unspecified atom stereocenters. The van der Waals surface area contributed by atoms with E-state index in [1.165, 1.54) is 4.57 Å². The average Bonchev–Trinajstić information content (AvgIpc) is 3.63. The number of anilines is 1. The lowest BCUT2D eigenvalue weighted by Gasteiger charge is -2.36. The second-order valence-corrected chi connectivity index (χ2v) is 17.8. The number of rotatable bonds is 33. The van der Waals surface area contributed by atoms with E-state index in [4.69, 9.17) is 40.9 Å². The van der Waals surface area contributed by atoms with Gasteiger partial charge in [0.1, 0.15) is 23.7 Å². The molecule has 1 aliphatic carbocycles. The van der Waals surface area contributed by atoms with Gasteiger partial charge in [0.15, 0.2) is 17.2 Å². The van der Waals surface area contributed by atoms with Gasteiger partial charge >= 0.3 is 17.8 Å². The largest absolute Gasteiger partial charge is 0.445 e. The highest BCUT2D eigenvalue weighted by molar-refractivity contribution is 5.93. The first-order valence-electron chi connectivity index (χ1n) is 24.3. The van der Waals surface area contributed by atoms with Crippen molar-refractivity contribution in [1.82, 2.24) is 40.0 Å². The third-order valence-corrected chi connectivity index (χ3v) is 12.0. The first-order valence-corrected chi connectivity index (χ1v) is 24.3. The molecule has 1 fully saturated rings. The molecule has 4 aromatic rings. The number of hydrogen-bond donors (Lipinski definition) is 6. The topological polar surface area (TPSA) is 313 Å². The Morgan fingerprint density at radius 2 is 1.54 bits per heavy atom. The summed E-state index contributed by atoms with van der Waals surface area (Å²) in [6, 6.07) is 9.24. The van der Waals surface area contributed by atoms with Crippen molar-refractivity contribution in [3.8, 4) is 0 Å². The van der Waals surface area contributed by atoms with Gasteiger partial charge in [0.05, 0.1) is 77.7 Å². The van der Waals surface area contributed by atoms with E-state index in [0.717, 1.165) is 30.4 Å². The number of aromatic amines is 1. The van der Waals surface area contributed by atoms with Crippen LogP contribution in [0.5, 0.6) is 0 Å². The van der Waals surface area contributed by atoms with Gasteiger partial charge < -0.3 is 61.4 Å². The summed E-state index contributed by atoms with van der Waals surface area (Å²) in [6.07, 6.45) is 4.65. The molecule has 1 aromatic carbocycles. The van der Waals surface area contributed by atoms with E-state index in [1.54, 1.807) is 48.4 Å². The van der Waals surface area contributed by atoms with E-state index in [-0.39, 0.29) is 93.6 Å². The molecular formula is C49H71N11O11. The molecule has 0 aliphatic heterocycles. The number of primary amides is 1. The Kier molecular flexibility index (Phi) is 22.8. The molecule has 2 atom stereocenters. The van der Waals surface area contributed by atoms with Crippen LogP contribution in [0.3, 0.4) is 0 Å². The van der Waals surface area contributed by atoms with Gasteiger partial charge in [-0.1, -0.05) is 44.2 Å². The number of amides is 4. The number of H-pyrrole nitrogens is 1. The molecule has 0 saturated heterocycles. The molecule has 22 heteroatoms. The molecule has 1 aliphatic rings. The van der Waals surface area contributed by atoms with Gasteiger partial charge in [0.25, 0.3) is 0 Å². The minimum atomic E-state index is -0.889. The lowest BCUT2D eigenvalue weighted by Crippen LogP contribution is -2.46. The quantitative estimate of drug-likeness (QED) is 0.0374. The van der Waals surface area contributed by atoms with E-state index in [2.05, 4.69) is 30.6 Å². The van der Waals surface area contributed by atoms with Gasteiger partial charge in [-0.3, -0.25) is 23.9 Å². The zero-order valence-corrected chi connectivity index (χ0v) is 41.2. The minimum absolute atomic E-state index is 0.00128. The zero-order valence-electron chi connectivity index (χ0n) is 41.2. The Bertz CT molecular complexity index is 2390. The number of benzene rings is 1. The zero-order chi connectivity index (χ0) is 51.1. The van der Waals surface area contributed by atoms with E-state index in [9.17, 15) is 28.8 Å². The van der Waals surface area contributed by atoms with Crippen LogP contribution in [0.1, 0.15) is 87.0 Å². The van der Waals surface area contributed by atoms with Crippen molar-refractivity contribution in [3.05, 3.63) is 81.3 Å². The second-order valence-electron chi connectivity index (χ2n) is 17.8. The summed E-state index contributed by atoms with van der Waals surface area (Å²) in [5, 5.41) is 5.42. The normalized spacial score (nSPS) is 13.4. The van der Waals surface area contributed by atoms with E-state index in [0.29, 0.717) is 87.5 Å². The summed E-state index contributed by atoms with van der Waals surface area (Å²) < 4.78 is 28.9. The summed E-state index contributed by atoms with van der Waals surface area (Å²) in [5.74, 6) is -1.03. The molecule has 9 N–H and O–H groups in total. The van der Waals surface area contributed by atoms with Gasteiger partial charge in [0, 0.05) is 50.5 Å². The van der Waals surface area contributed by atoms with E-state index in [1.807, 2.05) is 19.9 Å². The third-order valence-electron chi connectivity index (χ3n) is 12.0. The Hall–Kier alpha value is -6.33. The van der Waals surface area contributed by atoms with Crippen molar-refractivity contribution < 1.29 is 47.7 Å². The van der Waals surface area contributed by atoms with Crippen LogP contribution in [-0.2, 0) is 64.2 Å². The van der Waals surface area contributed by atoms with Crippen LogP contribution < -0.4 is 33.5 Å². The minimum Gasteiger partial charge on any atom is -0.445 e. The van der Waals surface area contributed by atoms with Gasteiger partial charge in [-0.25, -0.2) is 24.4 Å². The number of fused-ring (bicyclic) bond motifs is 1. The van der Waals surface area contributed by atoms with Gasteiger partial charge in [-0.2, -0.15) is 0 Å². The Morgan fingerprint density at radius 1 is 0.887 bits per heavy atom. The predicted octanol–water partition coefficient (Wildman–Crippen LogP) is 2.84. The molecule has 4 amide bonds. The summed E-state index contributed by atoms with van der Waals surface area (Å²) in [6.45, 7) is 9.60. The van der Waals surface area contributed by atoms with Gasteiger partial charge in [0.2, 0.25) is 5.91 Å². The van der Waals surface area contributed by atoms with Crippen LogP contribution in [0.15, 0.2) is 47.4 Å². The fourth-order valence-corrected chi connectivity index (χ4v) is 7.78. The molecule has 388 valence electrons. The first-order chi connectivity index (χ1) is 34.2. The second kappa shape index (κ2) is 29.1. The number of nitrogens with zero attached hydrogens (tertiary/aromatic N) is 5. The first kappa shape index (κ1) is 55.6. The summed E-state index contributed by atoms with van der Waals surface area (Å²) >= 11 is 0. The smallest absolute Gasteiger partial charge is 0.410 e. The average molecular weight is 990 g/mol. The highest BCUT2D eigenvalue weighted by atomic mass is 16.6. The predicted molar refractivity (Wildman–Crippen MR) is 263 cm³/mol. The SMILES string of the molecule is Cc1nc(N)c2[nH]c(=O)n(Cc3ccc(CN(C(=O)OCc4ccc(CC(=O)[C@H](CCCNC(N)=O)NC(=O)[C@@H](CC(=O)CCOCCOCCOCCOCCN)C(C)C)cc4)C4CCC4)cn3)c2n1. The lowest BCUT2D eigenvalue weighted by atomic mass is 9.88. The van der Waals surface area contributed by atoms with Crippen LogP contribution in [-0.4, -0.2) is 137 Å². The van der Waals surface area contributed by atoms with Gasteiger partial charge in [-0.15, -0.1) is 0 Å². The number of nitrogens with two attached hydrogens (primary N) is 3. The van der Waals surface area contributed by atoms with Crippen LogP contribution in [0.2, 0.25) is 0 Å². The van der Waals surface area contributed by atoms with Crippen molar-refractivity contribution >= 4 is 46.6 Å². The van der Waals surface area contributed by atoms with Crippen LogP contribution in [0.25, 0.3) is 11.2 Å². The van der Waals surface area contributed by atoms with Crippen LogP contribution in [0.4, 0.5) is 15.4 Å². The highest BCUT2D eigenvalue weighted by Crippen LogP contribution is 2.27. The third kappa shape index (κ3) is 18.4. The molecule has 3 heterocycles. The van der Waals surface area contributed by atoms with E-state index < -0.39 is 30.0 Å². The Morgan fingerprint density at radius 3 is 2.14 bits per heavy atom. The molecule has 1 saturated carbocycles. The van der Waals surface area contributed by atoms with Gasteiger partial charge in [-0.05, 0) is 67.7 Å². The number of carbonyl (C=O) groups excluding carboxylic acids is 5. The van der Waals surface area contributed by atoms with E-state index >= 15 is 0 Å². The standard InChI is InChI=1S/C49H71N11O11/c1-32(2)40(27-39(61)15-18-67-20-22-69-24-25-70-23-21-68-19-16-50)46(63)57-41(8-5-17-53-47(52)64)42(62)26-34-9-11-35(12-10-34)31-71-49(66)59(38-6-4-7-38)29-36-13-14-37(54-28-36)30-60-45-43(58-48(60)65)44(51)55-33(3)56-45/h9-14,28,32,38,40-41H,4-8,15-27,29-31,50H2,1-3H3,(H,57,63)(H,58,65)(H2,51,55,56)(H3,52,53,64)/t40-,41-/m0/s1. The molecule has 5 rings (SSSR count). The number of Topliss-reactive ketones (excluding diaryl/α,β-unsaturated/α-hetero) is 2. The Balaban J connectivity index is 1.08.